The molecule has 0 aliphatic heterocycles. The number of aromatic nitrogens is 1. The zero-order chi connectivity index (χ0) is 15.8. The second kappa shape index (κ2) is 5.48. The Morgan fingerprint density at radius 1 is 1.33 bits per heavy atom. The summed E-state index contributed by atoms with van der Waals surface area (Å²) < 4.78 is 0. The smallest absolute Gasteiger partial charge is 0.146 e. The van der Waals surface area contributed by atoms with E-state index >= 15 is 0 Å². The molecule has 1 saturated carbocycles. The van der Waals surface area contributed by atoms with Crippen LogP contribution in [0.25, 0.3) is 0 Å². The molecule has 0 amide bonds. The SMILES string of the molecule is CC(=O)[C@@H]1C(=O)C[C@](C)(O)[C@H](C(C)=O)[C@@H]1c1cccnc1. The molecule has 21 heavy (non-hydrogen) atoms. The molecule has 2 rings (SSSR count). The number of ketones is 3. The van der Waals surface area contributed by atoms with Gasteiger partial charge in [-0.2, -0.15) is 0 Å². The first-order valence-corrected chi connectivity index (χ1v) is 6.91. The molecule has 0 saturated heterocycles. The highest BCUT2D eigenvalue weighted by Gasteiger charge is 2.53. The van der Waals surface area contributed by atoms with Gasteiger partial charge < -0.3 is 5.11 Å². The largest absolute Gasteiger partial charge is 0.389 e. The molecule has 0 spiro atoms. The normalized spacial score (nSPS) is 32.8. The quantitative estimate of drug-likeness (QED) is 0.848. The number of nitrogens with zero attached hydrogens (tertiary/aromatic N) is 1. The third-order valence-electron chi connectivity index (χ3n) is 4.21. The number of rotatable bonds is 3. The second-order valence-corrected chi connectivity index (χ2v) is 5.99. The standard InChI is InChI=1S/C16H19NO4/c1-9(18)13-12(20)7-16(3,21)15(10(2)19)14(13)11-5-4-6-17-8-11/h4-6,8,13-15,21H,7H2,1-3H3/t13-,14-,15-,16+/m1/s1. The lowest BCUT2D eigenvalue weighted by atomic mass is 9.60. The maximum absolute atomic E-state index is 12.3. The molecule has 1 aliphatic carbocycles. The average molecular weight is 289 g/mol. The van der Waals surface area contributed by atoms with E-state index in [1.54, 1.807) is 24.5 Å². The van der Waals surface area contributed by atoms with E-state index in [1.165, 1.54) is 20.8 Å². The fraction of sp³-hybridized carbons (Fsp3) is 0.500. The molecule has 112 valence electrons. The third kappa shape index (κ3) is 2.78. The van der Waals surface area contributed by atoms with Gasteiger partial charge in [0, 0.05) is 24.7 Å². The van der Waals surface area contributed by atoms with E-state index in [4.69, 9.17) is 0 Å². The van der Waals surface area contributed by atoms with Crippen LogP contribution in [0.5, 0.6) is 0 Å². The Balaban J connectivity index is 2.61. The first-order valence-electron chi connectivity index (χ1n) is 6.91. The van der Waals surface area contributed by atoms with Gasteiger partial charge in [-0.25, -0.2) is 0 Å². The zero-order valence-corrected chi connectivity index (χ0v) is 12.4. The molecule has 1 N–H and O–H groups in total. The summed E-state index contributed by atoms with van der Waals surface area (Å²) in [7, 11) is 0. The molecular formula is C16H19NO4. The van der Waals surface area contributed by atoms with Crippen LogP contribution in [0.3, 0.4) is 0 Å². The topological polar surface area (TPSA) is 84.3 Å². The molecule has 0 aromatic carbocycles. The summed E-state index contributed by atoms with van der Waals surface area (Å²) in [4.78, 5) is 40.3. The fourth-order valence-corrected chi connectivity index (χ4v) is 3.48. The lowest BCUT2D eigenvalue weighted by Gasteiger charge is -2.44. The van der Waals surface area contributed by atoms with E-state index in [-0.39, 0.29) is 23.8 Å². The third-order valence-corrected chi connectivity index (χ3v) is 4.21. The van der Waals surface area contributed by atoms with Crippen molar-refractivity contribution >= 4 is 17.3 Å². The van der Waals surface area contributed by atoms with Crippen LogP contribution in [-0.2, 0) is 14.4 Å². The van der Waals surface area contributed by atoms with Crippen LogP contribution in [0.4, 0.5) is 0 Å². The van der Waals surface area contributed by atoms with Crippen molar-refractivity contribution < 1.29 is 19.5 Å². The van der Waals surface area contributed by atoms with E-state index in [2.05, 4.69) is 4.98 Å². The van der Waals surface area contributed by atoms with Crippen molar-refractivity contribution in [3.05, 3.63) is 30.1 Å². The van der Waals surface area contributed by atoms with Crippen LogP contribution in [0.1, 0.15) is 38.7 Å². The van der Waals surface area contributed by atoms with E-state index < -0.39 is 23.4 Å². The molecule has 0 unspecified atom stereocenters. The van der Waals surface area contributed by atoms with Crippen LogP contribution >= 0.6 is 0 Å². The van der Waals surface area contributed by atoms with E-state index in [1.807, 2.05) is 0 Å². The molecule has 1 aromatic rings. The van der Waals surface area contributed by atoms with Gasteiger partial charge in [-0.15, -0.1) is 0 Å². The Hall–Kier alpha value is -1.88. The average Bonchev–Trinajstić information content (AvgIpc) is 2.36. The van der Waals surface area contributed by atoms with Gasteiger partial charge in [0.05, 0.1) is 17.4 Å². The molecule has 4 atom stereocenters. The van der Waals surface area contributed by atoms with Crippen molar-refractivity contribution in [1.29, 1.82) is 0 Å². The van der Waals surface area contributed by atoms with Gasteiger partial charge in [-0.1, -0.05) is 6.07 Å². The lowest BCUT2D eigenvalue weighted by Crippen LogP contribution is -2.53. The van der Waals surface area contributed by atoms with Crippen molar-refractivity contribution in [2.24, 2.45) is 11.8 Å². The number of aliphatic hydroxyl groups is 1. The minimum Gasteiger partial charge on any atom is -0.389 e. The Morgan fingerprint density at radius 2 is 2.00 bits per heavy atom. The monoisotopic (exact) mass is 289 g/mol. The van der Waals surface area contributed by atoms with Gasteiger partial charge in [0.1, 0.15) is 17.3 Å². The van der Waals surface area contributed by atoms with E-state index in [9.17, 15) is 19.5 Å². The predicted molar refractivity (Wildman–Crippen MR) is 75.6 cm³/mol. The molecule has 1 heterocycles. The van der Waals surface area contributed by atoms with Gasteiger partial charge in [0.15, 0.2) is 0 Å². The Kier molecular flexibility index (Phi) is 4.05. The van der Waals surface area contributed by atoms with Crippen molar-refractivity contribution in [2.75, 3.05) is 0 Å². The maximum Gasteiger partial charge on any atom is 0.146 e. The molecule has 1 aromatic heterocycles. The number of pyridine rings is 1. The van der Waals surface area contributed by atoms with Gasteiger partial charge in [0.25, 0.3) is 0 Å². The van der Waals surface area contributed by atoms with Gasteiger partial charge in [-0.3, -0.25) is 19.4 Å². The lowest BCUT2D eigenvalue weighted by molar-refractivity contribution is -0.151. The number of hydrogen-bond donors (Lipinski definition) is 1. The van der Waals surface area contributed by atoms with Crippen molar-refractivity contribution in [1.82, 2.24) is 4.98 Å². The molecule has 1 aliphatic rings. The minimum atomic E-state index is -1.45. The molecule has 1 fully saturated rings. The van der Waals surface area contributed by atoms with E-state index in [0.717, 1.165) is 0 Å². The number of Topliss-reactive ketones (excluding diaryl/α,β-unsaturated/α-hetero) is 3. The van der Waals surface area contributed by atoms with Crippen LogP contribution < -0.4 is 0 Å². The Bertz CT molecular complexity index is 579. The first kappa shape index (κ1) is 15.5. The molecule has 5 nitrogen and oxygen atoms in total. The Morgan fingerprint density at radius 3 is 2.48 bits per heavy atom. The van der Waals surface area contributed by atoms with Crippen molar-refractivity contribution in [3.63, 3.8) is 0 Å². The van der Waals surface area contributed by atoms with Crippen molar-refractivity contribution in [3.8, 4) is 0 Å². The predicted octanol–water partition coefficient (Wildman–Crippen LogP) is 1.30. The first-order chi connectivity index (χ1) is 9.75. The summed E-state index contributed by atoms with van der Waals surface area (Å²) in [5, 5.41) is 10.5. The maximum atomic E-state index is 12.3. The summed E-state index contributed by atoms with van der Waals surface area (Å²) in [6.45, 7) is 4.22. The van der Waals surface area contributed by atoms with E-state index in [0.29, 0.717) is 5.56 Å². The van der Waals surface area contributed by atoms with Crippen LogP contribution in [0, 0.1) is 11.8 Å². The number of carbonyl (C=O) groups excluding carboxylic acids is 3. The summed E-state index contributed by atoms with van der Waals surface area (Å²) in [5.41, 5.74) is -0.818. The summed E-state index contributed by atoms with van der Waals surface area (Å²) in [6.07, 6.45) is 2.95. The number of hydrogen-bond acceptors (Lipinski definition) is 5. The van der Waals surface area contributed by atoms with Crippen LogP contribution in [-0.4, -0.2) is 33.0 Å². The summed E-state index contributed by atoms with van der Waals surface area (Å²) in [6, 6.07) is 3.43. The van der Waals surface area contributed by atoms with Gasteiger partial charge >= 0.3 is 0 Å². The van der Waals surface area contributed by atoms with Gasteiger partial charge in [-0.05, 0) is 32.4 Å². The van der Waals surface area contributed by atoms with Crippen LogP contribution in [0.15, 0.2) is 24.5 Å². The highest BCUT2D eigenvalue weighted by Crippen LogP contribution is 2.46. The molecule has 0 radical (unpaired) electrons. The summed E-state index contributed by atoms with van der Waals surface area (Å²) in [5.74, 6) is -3.19. The fourth-order valence-electron chi connectivity index (χ4n) is 3.48. The van der Waals surface area contributed by atoms with Crippen molar-refractivity contribution in [2.45, 2.75) is 38.7 Å². The Labute approximate surface area is 123 Å². The molecule has 0 bridgehead atoms. The minimum absolute atomic E-state index is 0.182. The van der Waals surface area contributed by atoms with Gasteiger partial charge in [0.2, 0.25) is 0 Å². The highest BCUT2D eigenvalue weighted by molar-refractivity contribution is 6.05. The zero-order valence-electron chi connectivity index (χ0n) is 12.4. The number of carbonyl (C=O) groups is 3. The summed E-state index contributed by atoms with van der Waals surface area (Å²) >= 11 is 0. The van der Waals surface area contributed by atoms with Crippen LogP contribution in [0.2, 0.25) is 0 Å². The molecule has 5 heteroatoms. The second-order valence-electron chi connectivity index (χ2n) is 5.99. The molecular weight excluding hydrogens is 270 g/mol. The highest BCUT2D eigenvalue weighted by atomic mass is 16.3.